The van der Waals surface area contributed by atoms with Gasteiger partial charge >= 0.3 is 0 Å². The zero-order valence-corrected chi connectivity index (χ0v) is 13.7. The summed E-state index contributed by atoms with van der Waals surface area (Å²) in [5, 5.41) is 3.45. The van der Waals surface area contributed by atoms with E-state index in [9.17, 15) is 0 Å². The van der Waals surface area contributed by atoms with Gasteiger partial charge < -0.3 is 10.1 Å². The van der Waals surface area contributed by atoms with Crippen molar-refractivity contribution in [3.63, 3.8) is 0 Å². The molecule has 1 aromatic rings. The Hall–Kier alpha value is -0.220. The van der Waals surface area contributed by atoms with Gasteiger partial charge in [0.15, 0.2) is 0 Å². The second kappa shape index (κ2) is 7.27. The summed E-state index contributed by atoms with van der Waals surface area (Å²) in [6, 6.07) is 4.01. The van der Waals surface area contributed by atoms with Crippen molar-refractivity contribution in [3.05, 3.63) is 21.1 Å². The van der Waals surface area contributed by atoms with Crippen molar-refractivity contribution in [1.82, 2.24) is 0 Å². The highest BCUT2D eigenvalue weighted by Crippen LogP contribution is 2.34. The number of methoxy groups -OCH3 is 1. The van der Waals surface area contributed by atoms with Crippen LogP contribution in [0.3, 0.4) is 0 Å². The van der Waals surface area contributed by atoms with Gasteiger partial charge in [-0.3, -0.25) is 0 Å². The first-order valence-electron chi connectivity index (χ1n) is 5.85. The fourth-order valence-electron chi connectivity index (χ4n) is 1.70. The summed E-state index contributed by atoms with van der Waals surface area (Å²) in [5.41, 5.74) is 1.08. The minimum Gasteiger partial charge on any atom is -0.495 e. The Morgan fingerprint density at radius 3 is 2.59 bits per heavy atom. The van der Waals surface area contributed by atoms with E-state index in [2.05, 4.69) is 51.0 Å². The first-order valence-corrected chi connectivity index (χ1v) is 7.44. The van der Waals surface area contributed by atoms with Crippen molar-refractivity contribution < 1.29 is 4.74 Å². The van der Waals surface area contributed by atoms with Crippen LogP contribution < -0.4 is 10.1 Å². The lowest BCUT2D eigenvalue weighted by molar-refractivity contribution is 0.412. The minimum absolute atomic E-state index is 0.682. The van der Waals surface area contributed by atoms with E-state index in [4.69, 9.17) is 4.74 Å². The molecule has 96 valence electrons. The lowest BCUT2D eigenvalue weighted by Gasteiger charge is -2.15. The van der Waals surface area contributed by atoms with Crippen LogP contribution in [0.2, 0.25) is 0 Å². The number of ether oxygens (including phenoxy) is 1. The van der Waals surface area contributed by atoms with Crippen LogP contribution in [-0.4, -0.2) is 13.7 Å². The maximum absolute atomic E-state index is 5.29. The number of hydrogen-bond donors (Lipinski definition) is 1. The molecule has 0 spiro atoms. The van der Waals surface area contributed by atoms with Crippen LogP contribution in [-0.2, 0) is 0 Å². The van der Waals surface area contributed by atoms with Crippen molar-refractivity contribution in [2.24, 2.45) is 5.92 Å². The van der Waals surface area contributed by atoms with Crippen LogP contribution >= 0.6 is 31.9 Å². The Morgan fingerprint density at radius 2 is 2.00 bits per heavy atom. The highest BCUT2D eigenvalue weighted by Gasteiger charge is 2.08. The molecular weight excluding hydrogens is 346 g/mol. The van der Waals surface area contributed by atoms with E-state index in [0.717, 1.165) is 26.9 Å². The van der Waals surface area contributed by atoms with Gasteiger partial charge in [0, 0.05) is 17.1 Å². The van der Waals surface area contributed by atoms with Gasteiger partial charge in [-0.1, -0.05) is 20.3 Å². The van der Waals surface area contributed by atoms with Crippen LogP contribution in [0.15, 0.2) is 21.1 Å². The van der Waals surface area contributed by atoms with Crippen LogP contribution in [0.4, 0.5) is 5.69 Å². The maximum Gasteiger partial charge on any atom is 0.135 e. The molecule has 1 unspecified atom stereocenters. The molecule has 0 saturated heterocycles. The first kappa shape index (κ1) is 14.8. The number of halogens is 2. The molecule has 0 saturated carbocycles. The quantitative estimate of drug-likeness (QED) is 0.760. The minimum atomic E-state index is 0.682. The first-order chi connectivity index (χ1) is 8.08. The molecule has 0 heterocycles. The maximum atomic E-state index is 5.29. The zero-order chi connectivity index (χ0) is 12.8. The Labute approximate surface area is 120 Å². The third kappa shape index (κ3) is 4.51. The largest absolute Gasteiger partial charge is 0.495 e. The SMILES string of the molecule is CCCC(C)CNc1cc(OC)c(Br)cc1Br. The average molecular weight is 365 g/mol. The van der Waals surface area contributed by atoms with E-state index in [0.29, 0.717) is 5.92 Å². The molecule has 1 N–H and O–H groups in total. The van der Waals surface area contributed by atoms with Gasteiger partial charge in [-0.15, -0.1) is 0 Å². The number of hydrogen-bond acceptors (Lipinski definition) is 2. The summed E-state index contributed by atoms with van der Waals surface area (Å²) >= 11 is 7.02. The van der Waals surface area contributed by atoms with E-state index in [1.54, 1.807) is 7.11 Å². The van der Waals surface area contributed by atoms with Gasteiger partial charge in [0.1, 0.15) is 5.75 Å². The molecule has 17 heavy (non-hydrogen) atoms. The number of rotatable bonds is 6. The van der Waals surface area contributed by atoms with Crippen molar-refractivity contribution in [1.29, 1.82) is 0 Å². The van der Waals surface area contributed by atoms with Crippen LogP contribution in [0.5, 0.6) is 5.75 Å². The molecule has 0 fully saturated rings. The van der Waals surface area contributed by atoms with E-state index < -0.39 is 0 Å². The summed E-state index contributed by atoms with van der Waals surface area (Å²) in [7, 11) is 1.68. The van der Waals surface area contributed by atoms with E-state index in [1.807, 2.05) is 12.1 Å². The molecule has 2 nitrogen and oxygen atoms in total. The Bertz CT molecular complexity index is 369. The van der Waals surface area contributed by atoms with Crippen LogP contribution in [0.25, 0.3) is 0 Å². The van der Waals surface area contributed by atoms with Gasteiger partial charge in [-0.2, -0.15) is 0 Å². The Balaban J connectivity index is 2.70. The van der Waals surface area contributed by atoms with E-state index in [1.165, 1.54) is 12.8 Å². The topological polar surface area (TPSA) is 21.3 Å². The predicted molar refractivity (Wildman–Crippen MR) is 81.0 cm³/mol. The molecule has 0 aliphatic rings. The van der Waals surface area contributed by atoms with Crippen LogP contribution in [0, 0.1) is 5.92 Å². The normalized spacial score (nSPS) is 12.3. The molecule has 0 radical (unpaired) electrons. The zero-order valence-electron chi connectivity index (χ0n) is 10.5. The number of benzene rings is 1. The summed E-state index contributed by atoms with van der Waals surface area (Å²) in [6.07, 6.45) is 2.48. The van der Waals surface area contributed by atoms with Gasteiger partial charge in [0.25, 0.3) is 0 Å². The van der Waals surface area contributed by atoms with Gasteiger partial charge in [-0.05, 0) is 50.3 Å². The van der Waals surface area contributed by atoms with Gasteiger partial charge in [0.2, 0.25) is 0 Å². The predicted octanol–water partition coefficient (Wildman–Crippen LogP) is 5.07. The second-order valence-electron chi connectivity index (χ2n) is 4.24. The van der Waals surface area contributed by atoms with Crippen molar-refractivity contribution in [2.75, 3.05) is 19.0 Å². The summed E-state index contributed by atoms with van der Waals surface area (Å²) in [5.74, 6) is 1.53. The summed E-state index contributed by atoms with van der Waals surface area (Å²) in [4.78, 5) is 0. The number of anilines is 1. The standard InChI is InChI=1S/C13H19Br2NO/c1-4-5-9(2)8-16-12-7-13(17-3)11(15)6-10(12)14/h6-7,9,16H,4-5,8H2,1-3H3. The lowest BCUT2D eigenvalue weighted by Crippen LogP contribution is -2.11. The van der Waals surface area contributed by atoms with Crippen molar-refractivity contribution in [3.8, 4) is 5.75 Å². The fraction of sp³-hybridized carbons (Fsp3) is 0.538. The highest BCUT2D eigenvalue weighted by atomic mass is 79.9. The summed E-state index contributed by atoms with van der Waals surface area (Å²) < 4.78 is 7.29. The molecule has 1 atom stereocenters. The Kier molecular flexibility index (Phi) is 6.34. The van der Waals surface area contributed by atoms with Gasteiger partial charge in [-0.25, -0.2) is 0 Å². The molecule has 0 aliphatic carbocycles. The average Bonchev–Trinajstić information content (AvgIpc) is 2.28. The summed E-state index contributed by atoms with van der Waals surface area (Å²) in [6.45, 7) is 5.47. The molecule has 0 aliphatic heterocycles. The monoisotopic (exact) mass is 363 g/mol. The second-order valence-corrected chi connectivity index (χ2v) is 5.95. The lowest BCUT2D eigenvalue weighted by atomic mass is 10.1. The molecule has 0 bridgehead atoms. The van der Waals surface area contributed by atoms with Crippen molar-refractivity contribution >= 4 is 37.5 Å². The molecule has 1 aromatic carbocycles. The molecule has 0 amide bonds. The van der Waals surface area contributed by atoms with E-state index in [-0.39, 0.29) is 0 Å². The third-order valence-corrected chi connectivity index (χ3v) is 3.94. The van der Waals surface area contributed by atoms with Crippen molar-refractivity contribution in [2.45, 2.75) is 26.7 Å². The highest BCUT2D eigenvalue weighted by molar-refractivity contribution is 9.11. The molecule has 1 rings (SSSR count). The number of nitrogens with one attached hydrogen (secondary N) is 1. The third-order valence-electron chi connectivity index (χ3n) is 2.66. The smallest absolute Gasteiger partial charge is 0.135 e. The van der Waals surface area contributed by atoms with Crippen LogP contribution in [0.1, 0.15) is 26.7 Å². The molecular formula is C13H19Br2NO. The van der Waals surface area contributed by atoms with E-state index >= 15 is 0 Å². The molecule has 4 heteroatoms. The fourth-order valence-corrected chi connectivity index (χ4v) is 3.00. The Morgan fingerprint density at radius 1 is 1.29 bits per heavy atom. The molecule has 0 aromatic heterocycles. The van der Waals surface area contributed by atoms with Gasteiger partial charge in [0.05, 0.1) is 17.3 Å².